The highest BCUT2D eigenvalue weighted by molar-refractivity contribution is 5.37. The number of aliphatic hydroxyl groups excluding tert-OH is 1. The molecule has 1 N–H and O–H groups in total. The van der Waals surface area contributed by atoms with Crippen molar-refractivity contribution in [1.82, 2.24) is 9.97 Å². The molecule has 1 aromatic heterocycles. The second kappa shape index (κ2) is 4.63. The second-order valence-electron chi connectivity index (χ2n) is 4.22. The Kier molecular flexibility index (Phi) is 3.20. The number of aromatic nitrogens is 2. The Bertz CT molecular complexity index is 537. The van der Waals surface area contributed by atoms with Gasteiger partial charge in [-0.1, -0.05) is 18.2 Å². The van der Waals surface area contributed by atoms with E-state index in [1.807, 2.05) is 39.0 Å². The summed E-state index contributed by atoms with van der Waals surface area (Å²) >= 11 is 0. The molecule has 0 fully saturated rings. The van der Waals surface area contributed by atoms with Crippen LogP contribution in [0.4, 0.5) is 0 Å². The molecule has 1 atom stereocenters. The molecule has 1 aromatic carbocycles. The fraction of sp³-hybridized carbons (Fsp3) is 0.286. The van der Waals surface area contributed by atoms with Crippen molar-refractivity contribution < 1.29 is 5.11 Å². The Morgan fingerprint density at radius 3 is 2.59 bits per heavy atom. The molecule has 3 nitrogen and oxygen atoms in total. The first-order valence-electron chi connectivity index (χ1n) is 5.63. The third kappa shape index (κ3) is 2.34. The van der Waals surface area contributed by atoms with E-state index in [0.717, 1.165) is 11.1 Å². The third-order valence-corrected chi connectivity index (χ3v) is 3.02. The minimum absolute atomic E-state index is 0.645. The molecular formula is C14H16N2O. The quantitative estimate of drug-likeness (QED) is 0.859. The van der Waals surface area contributed by atoms with Gasteiger partial charge >= 0.3 is 0 Å². The highest BCUT2D eigenvalue weighted by Crippen LogP contribution is 2.24. The van der Waals surface area contributed by atoms with Crippen molar-refractivity contribution in [2.75, 3.05) is 0 Å². The van der Waals surface area contributed by atoms with Crippen LogP contribution in [0.1, 0.15) is 34.3 Å². The van der Waals surface area contributed by atoms with Gasteiger partial charge in [-0.25, -0.2) is 9.97 Å². The summed E-state index contributed by atoms with van der Waals surface area (Å²) in [6.45, 7) is 5.87. The van der Waals surface area contributed by atoms with E-state index in [2.05, 4.69) is 9.97 Å². The summed E-state index contributed by atoms with van der Waals surface area (Å²) in [6.07, 6.45) is 0.989. The zero-order valence-corrected chi connectivity index (χ0v) is 10.3. The summed E-state index contributed by atoms with van der Waals surface area (Å²) in [5.41, 5.74) is 3.83. The molecule has 0 amide bonds. The van der Waals surface area contributed by atoms with Crippen LogP contribution in [0.5, 0.6) is 0 Å². The van der Waals surface area contributed by atoms with Gasteiger partial charge in [0.1, 0.15) is 11.9 Å². The van der Waals surface area contributed by atoms with Crippen molar-refractivity contribution in [2.24, 2.45) is 0 Å². The number of aliphatic hydroxyl groups is 1. The van der Waals surface area contributed by atoms with Crippen LogP contribution in [0, 0.1) is 20.8 Å². The van der Waals surface area contributed by atoms with E-state index in [4.69, 9.17) is 0 Å². The third-order valence-electron chi connectivity index (χ3n) is 3.02. The molecule has 0 aliphatic carbocycles. The number of nitrogens with zero attached hydrogens (tertiary/aromatic N) is 2. The second-order valence-corrected chi connectivity index (χ2v) is 4.22. The van der Waals surface area contributed by atoms with Gasteiger partial charge in [0, 0.05) is 6.20 Å². The Morgan fingerprint density at radius 1 is 1.12 bits per heavy atom. The minimum Gasteiger partial charge on any atom is -0.382 e. The van der Waals surface area contributed by atoms with Gasteiger partial charge in [0.2, 0.25) is 0 Å². The first kappa shape index (κ1) is 11.7. The van der Waals surface area contributed by atoms with Crippen molar-refractivity contribution >= 4 is 0 Å². The molecule has 0 aliphatic rings. The van der Waals surface area contributed by atoms with Crippen molar-refractivity contribution in [3.05, 3.63) is 58.7 Å². The molecule has 2 rings (SSSR count). The molecule has 0 radical (unpaired) electrons. The zero-order valence-electron chi connectivity index (χ0n) is 10.3. The maximum Gasteiger partial charge on any atom is 0.125 e. The monoisotopic (exact) mass is 228 g/mol. The molecule has 0 bridgehead atoms. The molecule has 0 saturated carbocycles. The van der Waals surface area contributed by atoms with E-state index >= 15 is 0 Å². The lowest BCUT2D eigenvalue weighted by molar-refractivity contribution is 0.214. The van der Waals surface area contributed by atoms with E-state index in [1.165, 1.54) is 5.56 Å². The smallest absolute Gasteiger partial charge is 0.125 e. The largest absolute Gasteiger partial charge is 0.382 e. The van der Waals surface area contributed by atoms with E-state index in [1.54, 1.807) is 12.3 Å². The number of benzene rings is 1. The van der Waals surface area contributed by atoms with Gasteiger partial charge < -0.3 is 5.11 Å². The molecule has 0 spiro atoms. The van der Waals surface area contributed by atoms with Gasteiger partial charge in [0.25, 0.3) is 0 Å². The normalized spacial score (nSPS) is 12.5. The summed E-state index contributed by atoms with van der Waals surface area (Å²) < 4.78 is 0. The van der Waals surface area contributed by atoms with Crippen LogP contribution in [-0.4, -0.2) is 15.1 Å². The Morgan fingerprint density at radius 2 is 1.88 bits per heavy atom. The lowest BCUT2D eigenvalue weighted by Gasteiger charge is -2.14. The highest BCUT2D eigenvalue weighted by atomic mass is 16.3. The predicted octanol–water partition coefficient (Wildman–Crippen LogP) is 2.48. The lowest BCUT2D eigenvalue weighted by atomic mass is 9.97. The van der Waals surface area contributed by atoms with Crippen LogP contribution >= 0.6 is 0 Å². The highest BCUT2D eigenvalue weighted by Gasteiger charge is 2.15. The molecule has 0 aliphatic heterocycles. The summed E-state index contributed by atoms with van der Waals surface area (Å²) in [5, 5.41) is 10.3. The van der Waals surface area contributed by atoms with Crippen molar-refractivity contribution in [1.29, 1.82) is 0 Å². The van der Waals surface area contributed by atoms with E-state index in [0.29, 0.717) is 11.5 Å². The average molecular weight is 228 g/mol. The summed E-state index contributed by atoms with van der Waals surface area (Å²) in [5.74, 6) is 0.673. The van der Waals surface area contributed by atoms with Crippen LogP contribution in [0.15, 0.2) is 30.5 Å². The molecule has 1 unspecified atom stereocenters. The predicted molar refractivity (Wildman–Crippen MR) is 66.7 cm³/mol. The maximum atomic E-state index is 10.3. The topological polar surface area (TPSA) is 46.0 Å². The van der Waals surface area contributed by atoms with Crippen LogP contribution in [0.25, 0.3) is 0 Å². The molecule has 17 heavy (non-hydrogen) atoms. The van der Waals surface area contributed by atoms with Gasteiger partial charge in [-0.2, -0.15) is 0 Å². The minimum atomic E-state index is -0.684. The van der Waals surface area contributed by atoms with Crippen molar-refractivity contribution in [2.45, 2.75) is 26.9 Å². The maximum absolute atomic E-state index is 10.3. The van der Waals surface area contributed by atoms with Gasteiger partial charge in [-0.15, -0.1) is 0 Å². The first-order valence-corrected chi connectivity index (χ1v) is 5.63. The van der Waals surface area contributed by atoms with Crippen LogP contribution in [-0.2, 0) is 0 Å². The summed E-state index contributed by atoms with van der Waals surface area (Å²) in [7, 11) is 0. The number of rotatable bonds is 2. The Labute approximate surface area is 101 Å². The van der Waals surface area contributed by atoms with Gasteiger partial charge in [0.05, 0.1) is 5.69 Å². The molecule has 3 heteroatoms. The van der Waals surface area contributed by atoms with Crippen LogP contribution in [0.3, 0.4) is 0 Å². The fourth-order valence-electron chi connectivity index (χ4n) is 1.86. The van der Waals surface area contributed by atoms with E-state index < -0.39 is 6.10 Å². The summed E-state index contributed by atoms with van der Waals surface area (Å²) in [4.78, 5) is 8.29. The average Bonchev–Trinajstić information content (AvgIpc) is 2.32. The first-order chi connectivity index (χ1) is 8.09. The standard InChI is InChI=1S/C14H16N2O/c1-9-5-4-6-12(10(9)2)14(17)13-7-8-15-11(3)16-13/h4-8,14,17H,1-3H3. The van der Waals surface area contributed by atoms with E-state index in [-0.39, 0.29) is 0 Å². The SMILES string of the molecule is Cc1nccc(C(O)c2cccc(C)c2C)n1. The molecule has 0 saturated heterocycles. The molecule has 88 valence electrons. The van der Waals surface area contributed by atoms with E-state index in [9.17, 15) is 5.11 Å². The van der Waals surface area contributed by atoms with Crippen molar-refractivity contribution in [3.8, 4) is 0 Å². The number of hydrogen-bond acceptors (Lipinski definition) is 3. The van der Waals surface area contributed by atoms with Crippen molar-refractivity contribution in [3.63, 3.8) is 0 Å². The molecule has 1 heterocycles. The number of hydrogen-bond donors (Lipinski definition) is 1. The zero-order chi connectivity index (χ0) is 12.4. The Hall–Kier alpha value is -1.74. The summed E-state index contributed by atoms with van der Waals surface area (Å²) in [6, 6.07) is 7.68. The molecular weight excluding hydrogens is 212 g/mol. The van der Waals surface area contributed by atoms with Gasteiger partial charge in [0.15, 0.2) is 0 Å². The Balaban J connectivity index is 2.44. The van der Waals surface area contributed by atoms with Gasteiger partial charge in [-0.05, 0) is 43.5 Å². The van der Waals surface area contributed by atoms with Crippen LogP contribution in [0.2, 0.25) is 0 Å². The van der Waals surface area contributed by atoms with Gasteiger partial charge in [-0.3, -0.25) is 0 Å². The lowest BCUT2D eigenvalue weighted by Crippen LogP contribution is -2.06. The van der Waals surface area contributed by atoms with Crippen LogP contribution < -0.4 is 0 Å². The fourth-order valence-corrected chi connectivity index (χ4v) is 1.86. The number of aryl methyl sites for hydroxylation is 2. The molecule has 2 aromatic rings.